The zero-order valence-electron chi connectivity index (χ0n) is 13.7. The van der Waals surface area contributed by atoms with E-state index in [1.54, 1.807) is 6.92 Å². The Kier molecular flexibility index (Phi) is 6.14. The maximum absolute atomic E-state index is 12.4. The van der Waals surface area contributed by atoms with Crippen molar-refractivity contribution in [2.45, 2.75) is 55.5 Å². The Labute approximate surface area is 159 Å². The number of thioether (sulfide) groups is 1. The molecule has 0 saturated heterocycles. The highest BCUT2D eigenvalue weighted by Gasteiger charge is 2.24. The quantitative estimate of drug-likeness (QED) is 0.763. The molecule has 3 rings (SSSR count). The van der Waals surface area contributed by atoms with Gasteiger partial charge in [-0.25, -0.2) is 9.67 Å². The van der Waals surface area contributed by atoms with Gasteiger partial charge < -0.3 is 5.32 Å². The van der Waals surface area contributed by atoms with Gasteiger partial charge in [0.2, 0.25) is 11.1 Å². The first kappa shape index (κ1) is 18.4. The van der Waals surface area contributed by atoms with E-state index >= 15 is 0 Å². The van der Waals surface area contributed by atoms with Crippen molar-refractivity contribution in [3.8, 4) is 0 Å². The Bertz CT molecular complexity index is 749. The van der Waals surface area contributed by atoms with Crippen LogP contribution < -0.4 is 5.32 Å². The molecule has 10 heteroatoms. The summed E-state index contributed by atoms with van der Waals surface area (Å²) in [4.78, 5) is 16.5. The van der Waals surface area contributed by atoms with E-state index in [0.29, 0.717) is 21.2 Å². The summed E-state index contributed by atoms with van der Waals surface area (Å²) in [7, 11) is 0. The number of amides is 1. The number of rotatable bonds is 5. The number of carbonyl (C=O) groups is 1. The second kappa shape index (κ2) is 8.33. The third kappa shape index (κ3) is 4.62. The lowest BCUT2D eigenvalue weighted by Gasteiger charge is -2.22. The number of hydrogen-bond donors (Lipinski definition) is 1. The molecule has 7 nitrogen and oxygen atoms in total. The van der Waals surface area contributed by atoms with E-state index < -0.39 is 5.25 Å². The van der Waals surface area contributed by atoms with Gasteiger partial charge in [0.05, 0.1) is 21.3 Å². The van der Waals surface area contributed by atoms with Gasteiger partial charge in [-0.3, -0.25) is 4.79 Å². The number of nitrogens with zero attached hydrogens (tertiary/aromatic N) is 5. The van der Waals surface area contributed by atoms with Gasteiger partial charge in [0.25, 0.3) is 0 Å². The molecule has 1 N–H and O–H groups in total. The molecule has 0 aliphatic heterocycles. The van der Waals surface area contributed by atoms with Gasteiger partial charge >= 0.3 is 0 Å². The third-order valence-corrected chi connectivity index (χ3v) is 5.63. The summed E-state index contributed by atoms with van der Waals surface area (Å²) < 4.78 is 1.85. The zero-order chi connectivity index (χ0) is 17.8. The molecule has 1 fully saturated rings. The predicted molar refractivity (Wildman–Crippen MR) is 98.1 cm³/mol. The fourth-order valence-corrected chi connectivity index (χ4v) is 4.04. The lowest BCUT2D eigenvalue weighted by molar-refractivity contribution is -0.115. The second-order valence-corrected chi connectivity index (χ2v) is 8.08. The predicted octanol–water partition coefficient (Wildman–Crippen LogP) is 4.00. The smallest absolute Gasteiger partial charge is 0.238 e. The molecule has 25 heavy (non-hydrogen) atoms. The average Bonchev–Trinajstić information content (AvgIpc) is 3.06. The van der Waals surface area contributed by atoms with Crippen LogP contribution in [0.4, 0.5) is 5.82 Å². The highest BCUT2D eigenvalue weighted by atomic mass is 35.5. The van der Waals surface area contributed by atoms with Gasteiger partial charge in [-0.1, -0.05) is 54.2 Å². The molecule has 2 aromatic rings. The van der Waals surface area contributed by atoms with Crippen molar-refractivity contribution < 1.29 is 4.79 Å². The van der Waals surface area contributed by atoms with Crippen molar-refractivity contribution in [1.29, 1.82) is 0 Å². The van der Waals surface area contributed by atoms with Gasteiger partial charge in [-0.15, -0.1) is 5.10 Å². The molecule has 1 saturated carbocycles. The summed E-state index contributed by atoms with van der Waals surface area (Å²) in [5.41, 5.74) is 0. The van der Waals surface area contributed by atoms with Crippen LogP contribution in [0.25, 0.3) is 0 Å². The summed E-state index contributed by atoms with van der Waals surface area (Å²) >= 11 is 13.2. The molecule has 0 radical (unpaired) electrons. The average molecular weight is 401 g/mol. The van der Waals surface area contributed by atoms with Crippen LogP contribution in [-0.4, -0.2) is 36.3 Å². The van der Waals surface area contributed by atoms with Crippen molar-refractivity contribution in [3.63, 3.8) is 0 Å². The van der Waals surface area contributed by atoms with Crippen molar-refractivity contribution in [3.05, 3.63) is 22.3 Å². The summed E-state index contributed by atoms with van der Waals surface area (Å²) in [6.45, 7) is 1.80. The number of anilines is 1. The number of aromatic nitrogens is 5. The van der Waals surface area contributed by atoms with E-state index in [1.165, 1.54) is 43.3 Å². The molecule has 1 aliphatic rings. The Balaban J connectivity index is 1.65. The maximum Gasteiger partial charge on any atom is 0.238 e. The minimum absolute atomic E-state index is 0.222. The monoisotopic (exact) mass is 400 g/mol. The molecular weight excluding hydrogens is 383 g/mol. The zero-order valence-corrected chi connectivity index (χ0v) is 16.0. The van der Waals surface area contributed by atoms with Crippen LogP contribution in [0.5, 0.6) is 0 Å². The molecule has 134 valence electrons. The van der Waals surface area contributed by atoms with Gasteiger partial charge in [-0.2, -0.15) is 0 Å². The minimum Gasteiger partial charge on any atom is -0.308 e. The number of halogens is 2. The fraction of sp³-hybridized carbons (Fsp3) is 0.533. The first-order chi connectivity index (χ1) is 12.0. The second-order valence-electron chi connectivity index (χ2n) is 5.93. The Morgan fingerprint density at radius 1 is 1.36 bits per heavy atom. The molecule has 2 heterocycles. The molecule has 0 aromatic carbocycles. The number of pyridine rings is 1. The fourth-order valence-electron chi connectivity index (χ4n) is 2.75. The molecule has 1 unspecified atom stereocenters. The first-order valence-corrected chi connectivity index (χ1v) is 9.74. The van der Waals surface area contributed by atoms with E-state index in [4.69, 9.17) is 23.2 Å². The molecule has 1 amide bonds. The highest BCUT2D eigenvalue weighted by Crippen LogP contribution is 2.32. The summed E-state index contributed by atoms with van der Waals surface area (Å²) in [6.07, 6.45) is 7.21. The summed E-state index contributed by atoms with van der Waals surface area (Å²) in [5, 5.41) is 15.6. The van der Waals surface area contributed by atoms with Gasteiger partial charge in [-0.05, 0) is 36.3 Å². The summed E-state index contributed by atoms with van der Waals surface area (Å²) in [6, 6.07) is 1.85. The Morgan fingerprint density at radius 2 is 2.12 bits per heavy atom. The molecule has 0 bridgehead atoms. The lowest BCUT2D eigenvalue weighted by atomic mass is 9.96. The van der Waals surface area contributed by atoms with Gasteiger partial charge in [0, 0.05) is 6.20 Å². The largest absolute Gasteiger partial charge is 0.308 e. The molecule has 1 aliphatic carbocycles. The maximum atomic E-state index is 12.4. The standard InChI is InChI=1S/C15H18Cl2N6OS/c1-9(14(24)19-13-12(17)7-10(16)8-18-13)25-15-20-21-22-23(15)11-5-3-2-4-6-11/h7-9,11H,2-6H2,1H3,(H,18,19,24). The van der Waals surface area contributed by atoms with Crippen LogP contribution in [0.2, 0.25) is 10.0 Å². The van der Waals surface area contributed by atoms with Crippen molar-refractivity contribution in [1.82, 2.24) is 25.2 Å². The summed E-state index contributed by atoms with van der Waals surface area (Å²) in [5.74, 6) is 0.0651. The van der Waals surface area contributed by atoms with Crippen LogP contribution in [0, 0.1) is 0 Å². The SMILES string of the molecule is CC(Sc1nnnn1C1CCCCC1)C(=O)Nc1ncc(Cl)cc1Cl. The Morgan fingerprint density at radius 3 is 2.84 bits per heavy atom. The topological polar surface area (TPSA) is 85.6 Å². The molecule has 0 spiro atoms. The van der Waals surface area contributed by atoms with Gasteiger partial charge in [0.15, 0.2) is 5.82 Å². The first-order valence-electron chi connectivity index (χ1n) is 8.11. The number of carbonyl (C=O) groups excluding carboxylic acids is 1. The van der Waals surface area contributed by atoms with Crippen molar-refractivity contribution in [2.75, 3.05) is 5.32 Å². The van der Waals surface area contributed by atoms with Crippen LogP contribution in [0.15, 0.2) is 17.4 Å². The van der Waals surface area contributed by atoms with E-state index in [-0.39, 0.29) is 11.7 Å². The molecule has 1 atom stereocenters. The molecule has 2 aromatic heterocycles. The van der Waals surface area contributed by atoms with Crippen LogP contribution in [0.3, 0.4) is 0 Å². The van der Waals surface area contributed by atoms with E-state index in [0.717, 1.165) is 12.8 Å². The Hall–Kier alpha value is -1.38. The number of tetrazole rings is 1. The highest BCUT2D eigenvalue weighted by molar-refractivity contribution is 8.00. The van der Waals surface area contributed by atoms with Crippen LogP contribution >= 0.6 is 35.0 Å². The van der Waals surface area contributed by atoms with E-state index in [9.17, 15) is 4.79 Å². The molecular formula is C15H18Cl2N6OS. The van der Waals surface area contributed by atoms with Crippen LogP contribution in [-0.2, 0) is 4.79 Å². The normalized spacial score (nSPS) is 16.6. The number of hydrogen-bond acceptors (Lipinski definition) is 6. The van der Waals surface area contributed by atoms with Gasteiger partial charge in [0.1, 0.15) is 0 Å². The van der Waals surface area contributed by atoms with Crippen molar-refractivity contribution >= 4 is 46.7 Å². The third-order valence-electron chi connectivity index (χ3n) is 4.08. The minimum atomic E-state index is -0.401. The number of nitrogens with one attached hydrogen (secondary N) is 1. The van der Waals surface area contributed by atoms with Crippen LogP contribution in [0.1, 0.15) is 45.1 Å². The van der Waals surface area contributed by atoms with E-state index in [2.05, 4.69) is 25.8 Å². The van der Waals surface area contributed by atoms with Crippen molar-refractivity contribution in [2.24, 2.45) is 0 Å². The lowest BCUT2D eigenvalue weighted by Crippen LogP contribution is -2.24. The van der Waals surface area contributed by atoms with E-state index in [1.807, 2.05) is 4.68 Å².